The summed E-state index contributed by atoms with van der Waals surface area (Å²) in [6, 6.07) is 14.3. The lowest BCUT2D eigenvalue weighted by Gasteiger charge is -2.35. The first-order valence-electron chi connectivity index (χ1n) is 14.4. The summed E-state index contributed by atoms with van der Waals surface area (Å²) in [6.45, 7) is 15.7. The fourth-order valence-corrected chi connectivity index (χ4v) is 4.32. The number of alkyl carbamates (subject to hydrolysis) is 1. The van der Waals surface area contributed by atoms with Gasteiger partial charge >= 0.3 is 12.1 Å². The molecule has 2 aromatic rings. The van der Waals surface area contributed by atoms with Gasteiger partial charge in [0, 0.05) is 12.5 Å². The molecule has 0 spiro atoms. The zero-order valence-corrected chi connectivity index (χ0v) is 26.4. The fourth-order valence-electron chi connectivity index (χ4n) is 4.32. The second-order valence-corrected chi connectivity index (χ2v) is 12.5. The van der Waals surface area contributed by atoms with Crippen LogP contribution in [-0.4, -0.2) is 58.6 Å². The SMILES string of the molecule is CCc1ccc(C(C(=O)NC(Cc2ccccc2)C(=O)OC(C)(C)C)N(C(=O)CNC(=O)OC(C)(C)C)C(C)C)cc1. The highest BCUT2D eigenvalue weighted by Crippen LogP contribution is 2.25. The monoisotopic (exact) mass is 581 g/mol. The zero-order valence-electron chi connectivity index (χ0n) is 26.4. The number of aryl methyl sites for hydroxylation is 1. The van der Waals surface area contributed by atoms with Gasteiger partial charge in [0.15, 0.2) is 0 Å². The minimum atomic E-state index is -1.08. The first-order valence-corrected chi connectivity index (χ1v) is 14.4. The molecule has 3 amide bonds. The lowest BCUT2D eigenvalue weighted by atomic mass is 9.99. The summed E-state index contributed by atoms with van der Waals surface area (Å²) in [5.74, 6) is -1.59. The molecular weight excluding hydrogens is 534 g/mol. The fraction of sp³-hybridized carbons (Fsp3) is 0.515. The number of hydrogen-bond donors (Lipinski definition) is 2. The third-order valence-electron chi connectivity index (χ3n) is 6.15. The summed E-state index contributed by atoms with van der Waals surface area (Å²) in [4.78, 5) is 54.7. The van der Waals surface area contributed by atoms with Gasteiger partial charge in [0.2, 0.25) is 11.8 Å². The molecule has 0 saturated heterocycles. The Labute approximate surface area is 250 Å². The maximum absolute atomic E-state index is 14.1. The molecule has 0 radical (unpaired) electrons. The van der Waals surface area contributed by atoms with Crippen LogP contribution in [0.2, 0.25) is 0 Å². The number of ether oxygens (including phenoxy) is 2. The van der Waals surface area contributed by atoms with E-state index in [2.05, 4.69) is 10.6 Å². The summed E-state index contributed by atoms with van der Waals surface area (Å²) in [5, 5.41) is 5.38. The van der Waals surface area contributed by atoms with Crippen molar-refractivity contribution >= 4 is 23.9 Å². The van der Waals surface area contributed by atoms with Crippen LogP contribution >= 0.6 is 0 Å². The third-order valence-corrected chi connectivity index (χ3v) is 6.15. The van der Waals surface area contributed by atoms with Gasteiger partial charge in [-0.3, -0.25) is 9.59 Å². The second-order valence-electron chi connectivity index (χ2n) is 12.5. The van der Waals surface area contributed by atoms with E-state index in [0.717, 1.165) is 17.5 Å². The lowest BCUT2D eigenvalue weighted by Crippen LogP contribution is -2.53. The molecule has 0 aliphatic rings. The van der Waals surface area contributed by atoms with E-state index in [1.807, 2.05) is 61.5 Å². The van der Waals surface area contributed by atoms with Crippen LogP contribution in [0.1, 0.15) is 85.0 Å². The second kappa shape index (κ2) is 14.8. The van der Waals surface area contributed by atoms with Crippen molar-refractivity contribution in [3.8, 4) is 0 Å². The molecule has 2 aromatic carbocycles. The van der Waals surface area contributed by atoms with Gasteiger partial charge in [0.1, 0.15) is 29.8 Å². The van der Waals surface area contributed by atoms with Gasteiger partial charge in [-0.2, -0.15) is 0 Å². The van der Waals surface area contributed by atoms with Gasteiger partial charge in [-0.1, -0.05) is 61.5 Å². The van der Waals surface area contributed by atoms with E-state index in [1.165, 1.54) is 4.90 Å². The van der Waals surface area contributed by atoms with Crippen molar-refractivity contribution < 1.29 is 28.7 Å². The molecule has 230 valence electrons. The molecule has 0 bridgehead atoms. The van der Waals surface area contributed by atoms with Gasteiger partial charge in [-0.15, -0.1) is 0 Å². The van der Waals surface area contributed by atoms with Gasteiger partial charge in [-0.25, -0.2) is 9.59 Å². The molecule has 2 atom stereocenters. The van der Waals surface area contributed by atoms with Crippen molar-refractivity contribution in [1.82, 2.24) is 15.5 Å². The number of nitrogens with zero attached hydrogens (tertiary/aromatic N) is 1. The average molecular weight is 582 g/mol. The highest BCUT2D eigenvalue weighted by molar-refractivity contribution is 5.93. The Hall–Kier alpha value is -3.88. The van der Waals surface area contributed by atoms with E-state index >= 15 is 0 Å². The Morgan fingerprint density at radius 1 is 0.810 bits per heavy atom. The van der Waals surface area contributed by atoms with Gasteiger partial charge < -0.3 is 25.0 Å². The average Bonchev–Trinajstić information content (AvgIpc) is 2.88. The van der Waals surface area contributed by atoms with Crippen LogP contribution in [0.25, 0.3) is 0 Å². The summed E-state index contributed by atoms with van der Waals surface area (Å²) < 4.78 is 10.9. The molecule has 2 N–H and O–H groups in total. The standard InChI is InChI=1S/C33H47N3O6/c1-10-23-16-18-25(19-17-23)28(36(22(2)3)27(37)21-34-31(40)42-33(7,8)9)29(38)35-26(30(39)41-32(4,5)6)20-24-14-12-11-13-15-24/h11-19,22,26,28H,10,20-21H2,1-9H3,(H,34,40)(H,35,38). The Morgan fingerprint density at radius 3 is 1.88 bits per heavy atom. The molecule has 42 heavy (non-hydrogen) atoms. The van der Waals surface area contributed by atoms with Crippen LogP contribution in [0.3, 0.4) is 0 Å². The maximum atomic E-state index is 14.1. The molecule has 0 saturated carbocycles. The van der Waals surface area contributed by atoms with E-state index in [4.69, 9.17) is 9.47 Å². The Bertz CT molecular complexity index is 1200. The largest absolute Gasteiger partial charge is 0.458 e. The highest BCUT2D eigenvalue weighted by atomic mass is 16.6. The Kier molecular flexibility index (Phi) is 12.1. The molecule has 0 aromatic heterocycles. The quantitative estimate of drug-likeness (QED) is 0.356. The topological polar surface area (TPSA) is 114 Å². The van der Waals surface area contributed by atoms with Gasteiger partial charge in [-0.05, 0) is 78.5 Å². The van der Waals surface area contributed by atoms with E-state index in [0.29, 0.717) is 5.56 Å². The molecule has 9 nitrogen and oxygen atoms in total. The van der Waals surface area contributed by atoms with E-state index in [-0.39, 0.29) is 13.0 Å². The van der Waals surface area contributed by atoms with E-state index in [1.54, 1.807) is 55.4 Å². The summed E-state index contributed by atoms with van der Waals surface area (Å²) in [5.41, 5.74) is 0.994. The smallest absolute Gasteiger partial charge is 0.408 e. The van der Waals surface area contributed by atoms with Crippen molar-refractivity contribution in [2.45, 2.75) is 104 Å². The maximum Gasteiger partial charge on any atom is 0.408 e. The number of benzene rings is 2. The van der Waals surface area contributed by atoms with Crippen molar-refractivity contribution in [2.24, 2.45) is 0 Å². The number of hydrogen-bond acceptors (Lipinski definition) is 6. The predicted molar refractivity (Wildman–Crippen MR) is 163 cm³/mol. The Morgan fingerprint density at radius 2 is 1.38 bits per heavy atom. The minimum absolute atomic E-state index is 0.207. The first-order chi connectivity index (χ1) is 19.5. The third kappa shape index (κ3) is 11.2. The number of amides is 3. The van der Waals surface area contributed by atoms with Gasteiger partial charge in [0.25, 0.3) is 0 Å². The summed E-state index contributed by atoms with van der Waals surface area (Å²) in [6.07, 6.45) is 0.279. The summed E-state index contributed by atoms with van der Waals surface area (Å²) in [7, 11) is 0. The Balaban J connectivity index is 2.45. The summed E-state index contributed by atoms with van der Waals surface area (Å²) >= 11 is 0. The number of carbonyl (C=O) groups excluding carboxylic acids is 4. The highest BCUT2D eigenvalue weighted by Gasteiger charge is 2.36. The molecular formula is C33H47N3O6. The van der Waals surface area contributed by atoms with Crippen LogP contribution in [0.15, 0.2) is 54.6 Å². The number of carbonyl (C=O) groups is 4. The predicted octanol–water partition coefficient (Wildman–Crippen LogP) is 5.12. The molecule has 2 rings (SSSR count). The van der Waals surface area contributed by atoms with E-state index < -0.39 is 53.2 Å². The normalized spacial score (nSPS) is 13.1. The van der Waals surface area contributed by atoms with Crippen LogP contribution in [0, 0.1) is 0 Å². The first kappa shape index (κ1) is 34.3. The van der Waals surface area contributed by atoms with Crippen molar-refractivity contribution in [3.63, 3.8) is 0 Å². The van der Waals surface area contributed by atoms with Crippen molar-refractivity contribution in [3.05, 3.63) is 71.3 Å². The van der Waals surface area contributed by atoms with Crippen molar-refractivity contribution in [1.29, 1.82) is 0 Å². The van der Waals surface area contributed by atoms with Crippen LogP contribution in [-0.2, 0) is 36.7 Å². The number of esters is 1. The van der Waals surface area contributed by atoms with Crippen molar-refractivity contribution in [2.75, 3.05) is 6.54 Å². The molecule has 0 aliphatic heterocycles. The van der Waals surface area contributed by atoms with Crippen LogP contribution in [0.4, 0.5) is 4.79 Å². The van der Waals surface area contributed by atoms with Crippen LogP contribution in [0.5, 0.6) is 0 Å². The molecule has 0 heterocycles. The lowest BCUT2D eigenvalue weighted by molar-refractivity contribution is -0.159. The minimum Gasteiger partial charge on any atom is -0.458 e. The number of nitrogens with one attached hydrogen (secondary N) is 2. The molecule has 2 unspecified atom stereocenters. The molecule has 0 fully saturated rings. The zero-order chi connectivity index (χ0) is 31.7. The van der Waals surface area contributed by atoms with Gasteiger partial charge in [0.05, 0.1) is 0 Å². The van der Waals surface area contributed by atoms with E-state index in [9.17, 15) is 19.2 Å². The number of rotatable bonds is 11. The van der Waals surface area contributed by atoms with Crippen LogP contribution < -0.4 is 10.6 Å². The molecule has 9 heteroatoms. The molecule has 0 aliphatic carbocycles.